The van der Waals surface area contributed by atoms with Crippen LogP contribution in [0, 0.1) is 17.3 Å². The lowest BCUT2D eigenvalue weighted by Gasteiger charge is -2.50. The minimum absolute atomic E-state index is 0.523. The average Bonchev–Trinajstić information content (AvgIpc) is 2.79. The van der Waals surface area contributed by atoms with E-state index in [1.54, 1.807) is 5.56 Å². The molecular formula is C31H43N. The van der Waals surface area contributed by atoms with Gasteiger partial charge in [-0.05, 0) is 84.5 Å². The Balaban J connectivity index is 1.44. The fourth-order valence-corrected chi connectivity index (χ4v) is 6.59. The third-order valence-electron chi connectivity index (χ3n) is 8.10. The van der Waals surface area contributed by atoms with Crippen molar-refractivity contribution in [3.05, 3.63) is 77.9 Å². The van der Waals surface area contributed by atoms with Crippen LogP contribution in [0.25, 0.3) is 5.70 Å². The van der Waals surface area contributed by atoms with E-state index in [9.17, 15) is 0 Å². The Bertz CT molecular complexity index is 872. The first-order chi connectivity index (χ1) is 15.5. The summed E-state index contributed by atoms with van der Waals surface area (Å²) in [7, 11) is 0. The van der Waals surface area contributed by atoms with Crippen LogP contribution in [-0.2, 0) is 6.42 Å². The van der Waals surface area contributed by atoms with Gasteiger partial charge in [0.05, 0.1) is 0 Å². The molecule has 1 spiro atoms. The molecule has 0 radical (unpaired) electrons. The molecule has 172 valence electrons. The van der Waals surface area contributed by atoms with Crippen LogP contribution >= 0.6 is 0 Å². The minimum atomic E-state index is 0.523. The summed E-state index contributed by atoms with van der Waals surface area (Å²) in [4.78, 5) is 2.57. The van der Waals surface area contributed by atoms with Crippen LogP contribution in [0.3, 0.4) is 0 Å². The van der Waals surface area contributed by atoms with Crippen LogP contribution in [0.4, 0.5) is 0 Å². The molecule has 1 nitrogen and oxygen atoms in total. The van der Waals surface area contributed by atoms with E-state index in [1.165, 1.54) is 61.8 Å². The van der Waals surface area contributed by atoms with Crippen molar-refractivity contribution < 1.29 is 0 Å². The van der Waals surface area contributed by atoms with E-state index in [0.29, 0.717) is 11.3 Å². The summed E-state index contributed by atoms with van der Waals surface area (Å²) in [5, 5.41) is 0. The molecule has 0 amide bonds. The van der Waals surface area contributed by atoms with Gasteiger partial charge in [-0.1, -0.05) is 88.7 Å². The lowest BCUT2D eigenvalue weighted by molar-refractivity contribution is 0.0510. The first kappa shape index (κ1) is 23.1. The van der Waals surface area contributed by atoms with Gasteiger partial charge in [-0.15, -0.1) is 0 Å². The molecule has 1 saturated heterocycles. The number of hydrogen-bond acceptors (Lipinski definition) is 1. The van der Waals surface area contributed by atoms with Gasteiger partial charge >= 0.3 is 0 Å². The van der Waals surface area contributed by atoms with E-state index in [1.807, 2.05) is 0 Å². The lowest BCUT2D eigenvalue weighted by Crippen LogP contribution is -2.43. The SMILES string of the molecule is C=C(c1cccc(CC(C)C)c1)N1CCC2(CC1)CC(CCC)CC(c1ccccc1)C2. The van der Waals surface area contributed by atoms with Crippen LogP contribution in [0.15, 0.2) is 61.2 Å². The van der Waals surface area contributed by atoms with Gasteiger partial charge in [0.1, 0.15) is 0 Å². The number of rotatable bonds is 7. The summed E-state index contributed by atoms with van der Waals surface area (Å²) in [6, 6.07) is 20.5. The Kier molecular flexibility index (Phi) is 7.44. The standard InChI is InChI=1S/C31H43N/c1-5-10-27-21-30(28-12-7-6-8-13-28)23-31(22-27)15-17-32(18-16-31)25(4)29-14-9-11-26(20-29)19-24(2)3/h6-9,11-14,20,24,27,30H,4-5,10,15-19,21-23H2,1-3H3. The fraction of sp³-hybridized carbons (Fsp3) is 0.548. The average molecular weight is 430 g/mol. The number of benzene rings is 2. The Morgan fingerprint density at radius 2 is 1.78 bits per heavy atom. The summed E-state index contributed by atoms with van der Waals surface area (Å²) in [6.45, 7) is 13.8. The topological polar surface area (TPSA) is 3.24 Å². The summed E-state index contributed by atoms with van der Waals surface area (Å²) < 4.78 is 0. The van der Waals surface area contributed by atoms with Crippen molar-refractivity contribution in [2.45, 2.75) is 78.1 Å². The molecule has 2 aromatic rings. The van der Waals surface area contributed by atoms with Gasteiger partial charge in [0, 0.05) is 18.8 Å². The van der Waals surface area contributed by atoms with Gasteiger partial charge in [0.25, 0.3) is 0 Å². The van der Waals surface area contributed by atoms with Crippen molar-refractivity contribution in [3.63, 3.8) is 0 Å². The molecule has 0 N–H and O–H groups in total. The molecule has 2 unspecified atom stereocenters. The first-order valence-electron chi connectivity index (χ1n) is 13.1. The molecule has 4 rings (SSSR count). The maximum Gasteiger partial charge on any atom is 0.0366 e. The highest BCUT2D eigenvalue weighted by atomic mass is 15.1. The van der Waals surface area contributed by atoms with Crippen LogP contribution in [0.5, 0.6) is 0 Å². The molecule has 1 saturated carbocycles. The summed E-state index contributed by atoms with van der Waals surface area (Å²) in [5.41, 5.74) is 6.07. The largest absolute Gasteiger partial charge is 0.371 e. The van der Waals surface area contributed by atoms with E-state index < -0.39 is 0 Å². The van der Waals surface area contributed by atoms with E-state index in [4.69, 9.17) is 0 Å². The molecule has 2 aromatic carbocycles. The Morgan fingerprint density at radius 1 is 1.03 bits per heavy atom. The second kappa shape index (κ2) is 10.3. The molecule has 1 aliphatic carbocycles. The van der Waals surface area contributed by atoms with Crippen molar-refractivity contribution in [1.82, 2.24) is 4.90 Å². The van der Waals surface area contributed by atoms with Gasteiger partial charge in [-0.25, -0.2) is 0 Å². The maximum atomic E-state index is 4.54. The zero-order valence-electron chi connectivity index (χ0n) is 20.7. The van der Waals surface area contributed by atoms with Crippen LogP contribution in [0.2, 0.25) is 0 Å². The predicted octanol–water partition coefficient (Wildman–Crippen LogP) is 8.32. The first-order valence-corrected chi connectivity index (χ1v) is 13.1. The van der Waals surface area contributed by atoms with E-state index in [-0.39, 0.29) is 0 Å². The molecule has 1 aliphatic heterocycles. The maximum absolute atomic E-state index is 4.54. The van der Waals surface area contributed by atoms with Crippen molar-refractivity contribution in [3.8, 4) is 0 Å². The van der Waals surface area contributed by atoms with Gasteiger partial charge in [-0.2, -0.15) is 0 Å². The van der Waals surface area contributed by atoms with Gasteiger partial charge < -0.3 is 4.90 Å². The highest BCUT2D eigenvalue weighted by Crippen LogP contribution is 2.53. The third kappa shape index (κ3) is 5.48. The smallest absolute Gasteiger partial charge is 0.0366 e. The Labute approximate surface area is 196 Å². The highest BCUT2D eigenvalue weighted by molar-refractivity contribution is 5.62. The summed E-state index contributed by atoms with van der Waals surface area (Å²) >= 11 is 0. The van der Waals surface area contributed by atoms with Crippen molar-refractivity contribution in [2.75, 3.05) is 13.1 Å². The molecule has 0 aromatic heterocycles. The number of nitrogens with zero attached hydrogens (tertiary/aromatic N) is 1. The number of hydrogen-bond donors (Lipinski definition) is 0. The normalized spacial score (nSPS) is 22.9. The molecule has 1 heteroatoms. The minimum Gasteiger partial charge on any atom is -0.371 e. The molecule has 2 atom stereocenters. The molecule has 32 heavy (non-hydrogen) atoms. The Morgan fingerprint density at radius 3 is 2.47 bits per heavy atom. The third-order valence-corrected chi connectivity index (χ3v) is 8.10. The van der Waals surface area contributed by atoms with Crippen molar-refractivity contribution >= 4 is 5.70 Å². The summed E-state index contributed by atoms with van der Waals surface area (Å²) in [6.07, 6.45) is 10.7. The molecule has 2 aliphatic rings. The molecule has 1 heterocycles. The monoisotopic (exact) mass is 429 g/mol. The quantitative estimate of drug-likeness (QED) is 0.427. The van der Waals surface area contributed by atoms with E-state index >= 15 is 0 Å². The second-order valence-corrected chi connectivity index (χ2v) is 11.1. The Hall–Kier alpha value is -2.02. The predicted molar refractivity (Wildman–Crippen MR) is 139 cm³/mol. The number of piperidine rings is 1. The van der Waals surface area contributed by atoms with E-state index in [0.717, 1.165) is 31.3 Å². The molecule has 0 bridgehead atoms. The zero-order valence-corrected chi connectivity index (χ0v) is 20.7. The summed E-state index contributed by atoms with van der Waals surface area (Å²) in [5.74, 6) is 2.32. The fourth-order valence-electron chi connectivity index (χ4n) is 6.59. The van der Waals surface area contributed by atoms with Gasteiger partial charge in [0.15, 0.2) is 0 Å². The van der Waals surface area contributed by atoms with Crippen LogP contribution in [-0.4, -0.2) is 18.0 Å². The molecule has 2 fully saturated rings. The zero-order chi connectivity index (χ0) is 22.6. The van der Waals surface area contributed by atoms with Crippen LogP contribution in [0.1, 0.15) is 88.3 Å². The molecular weight excluding hydrogens is 386 g/mol. The lowest BCUT2D eigenvalue weighted by atomic mass is 9.59. The van der Waals surface area contributed by atoms with E-state index in [2.05, 4.69) is 86.8 Å². The van der Waals surface area contributed by atoms with Crippen LogP contribution < -0.4 is 0 Å². The van der Waals surface area contributed by atoms with Crippen molar-refractivity contribution in [2.24, 2.45) is 17.3 Å². The van der Waals surface area contributed by atoms with Gasteiger partial charge in [-0.3, -0.25) is 0 Å². The van der Waals surface area contributed by atoms with Crippen molar-refractivity contribution in [1.29, 1.82) is 0 Å². The highest BCUT2D eigenvalue weighted by Gasteiger charge is 2.42. The number of likely N-dealkylation sites (tertiary alicyclic amines) is 1. The van der Waals surface area contributed by atoms with Gasteiger partial charge in [0.2, 0.25) is 0 Å². The second-order valence-electron chi connectivity index (χ2n) is 11.1.